The van der Waals surface area contributed by atoms with Crippen molar-refractivity contribution in [3.05, 3.63) is 35.8 Å². The molecule has 132 valence electrons. The molecule has 3 N–H and O–H groups in total. The van der Waals surface area contributed by atoms with Crippen molar-refractivity contribution in [3.63, 3.8) is 0 Å². The van der Waals surface area contributed by atoms with Crippen LogP contribution in [0.3, 0.4) is 0 Å². The van der Waals surface area contributed by atoms with Crippen LogP contribution in [0.25, 0.3) is 11.0 Å². The number of aryl methyl sites for hydroxylation is 1. The summed E-state index contributed by atoms with van der Waals surface area (Å²) in [6.45, 7) is 3.34. The van der Waals surface area contributed by atoms with Crippen molar-refractivity contribution in [2.75, 3.05) is 11.9 Å². The first-order valence-electron chi connectivity index (χ1n) is 7.50. The van der Waals surface area contributed by atoms with Crippen LogP contribution in [-0.4, -0.2) is 34.8 Å². The largest absolute Gasteiger partial charge is 0.330 e. The van der Waals surface area contributed by atoms with Gasteiger partial charge in [0.15, 0.2) is 15.0 Å². The van der Waals surface area contributed by atoms with Crippen LogP contribution in [0.5, 0.6) is 0 Å². The zero-order chi connectivity index (χ0) is 18.2. The van der Waals surface area contributed by atoms with Crippen molar-refractivity contribution in [2.24, 2.45) is 5.73 Å². The van der Waals surface area contributed by atoms with E-state index >= 15 is 0 Å². The number of hydrogen-bond donors (Lipinski definition) is 2. The number of amides is 1. The Morgan fingerprint density at radius 1 is 1.44 bits per heavy atom. The second kappa shape index (κ2) is 6.54. The van der Waals surface area contributed by atoms with Gasteiger partial charge in [-0.25, -0.2) is 13.9 Å². The third kappa shape index (κ3) is 3.15. The molecule has 0 unspecified atom stereocenters. The minimum absolute atomic E-state index is 0.0677. The number of carbonyl (C=O) groups excluding carboxylic acids is 1. The van der Waals surface area contributed by atoms with E-state index in [2.05, 4.69) is 15.3 Å². The molecule has 0 aliphatic heterocycles. The number of nitrogens with one attached hydrogen (secondary N) is 1. The van der Waals surface area contributed by atoms with Crippen LogP contribution < -0.4 is 11.1 Å². The SMILES string of the molecule is CC(=O)Nc1nc(C)c(S(=O)(=O)n2cc(CCN)c3cccnc32)s1. The Labute approximate surface area is 148 Å². The lowest BCUT2D eigenvalue weighted by Crippen LogP contribution is -2.12. The number of pyridine rings is 1. The summed E-state index contributed by atoms with van der Waals surface area (Å²) < 4.78 is 27.5. The standard InChI is InChI=1S/C15H17N5O3S2/c1-9-14(24-15(18-9)19-10(2)21)25(22,23)20-8-11(5-6-16)12-4-3-7-17-13(12)20/h3-4,7-8H,5-6,16H2,1-2H3,(H,18,19,21). The lowest BCUT2D eigenvalue weighted by molar-refractivity contribution is -0.114. The van der Waals surface area contributed by atoms with E-state index < -0.39 is 10.0 Å². The molecule has 0 saturated heterocycles. The number of nitrogens with two attached hydrogens (primary N) is 1. The van der Waals surface area contributed by atoms with E-state index in [-0.39, 0.29) is 15.2 Å². The van der Waals surface area contributed by atoms with Crippen LogP contribution in [0.1, 0.15) is 18.2 Å². The smallest absolute Gasteiger partial charge is 0.280 e. The van der Waals surface area contributed by atoms with Crippen molar-refractivity contribution in [3.8, 4) is 0 Å². The van der Waals surface area contributed by atoms with Gasteiger partial charge in [-0.3, -0.25) is 4.79 Å². The summed E-state index contributed by atoms with van der Waals surface area (Å²) in [6, 6.07) is 3.58. The summed E-state index contributed by atoms with van der Waals surface area (Å²) in [5, 5.41) is 3.51. The Morgan fingerprint density at radius 2 is 2.20 bits per heavy atom. The van der Waals surface area contributed by atoms with Crippen molar-refractivity contribution in [1.82, 2.24) is 13.9 Å². The second-order valence-corrected chi connectivity index (χ2v) is 8.45. The van der Waals surface area contributed by atoms with Gasteiger partial charge in [0.2, 0.25) is 5.91 Å². The number of rotatable bonds is 5. The van der Waals surface area contributed by atoms with E-state index in [4.69, 9.17) is 5.73 Å². The van der Waals surface area contributed by atoms with Gasteiger partial charge < -0.3 is 11.1 Å². The highest BCUT2D eigenvalue weighted by Crippen LogP contribution is 2.31. The van der Waals surface area contributed by atoms with Crippen molar-refractivity contribution in [2.45, 2.75) is 24.5 Å². The molecule has 0 aliphatic carbocycles. The Kier molecular flexibility index (Phi) is 4.58. The Morgan fingerprint density at radius 3 is 2.88 bits per heavy atom. The van der Waals surface area contributed by atoms with Crippen LogP contribution in [-0.2, 0) is 21.2 Å². The molecule has 0 radical (unpaired) electrons. The predicted molar refractivity (Wildman–Crippen MR) is 96.2 cm³/mol. The van der Waals surface area contributed by atoms with E-state index in [0.29, 0.717) is 24.3 Å². The minimum atomic E-state index is -3.89. The van der Waals surface area contributed by atoms with Gasteiger partial charge in [0.05, 0.1) is 5.69 Å². The Bertz CT molecular complexity index is 1050. The van der Waals surface area contributed by atoms with Crippen molar-refractivity contribution >= 4 is 43.4 Å². The lowest BCUT2D eigenvalue weighted by Gasteiger charge is -2.04. The van der Waals surface area contributed by atoms with Gasteiger partial charge >= 0.3 is 0 Å². The van der Waals surface area contributed by atoms with E-state index in [1.54, 1.807) is 25.4 Å². The molecule has 8 nitrogen and oxygen atoms in total. The third-order valence-electron chi connectivity index (χ3n) is 3.56. The van der Waals surface area contributed by atoms with Gasteiger partial charge in [0, 0.05) is 24.7 Å². The molecule has 25 heavy (non-hydrogen) atoms. The first-order chi connectivity index (χ1) is 11.8. The van der Waals surface area contributed by atoms with Crippen LogP contribution >= 0.6 is 11.3 Å². The van der Waals surface area contributed by atoms with E-state index in [1.165, 1.54) is 6.92 Å². The molecule has 3 aromatic rings. The van der Waals surface area contributed by atoms with Crippen molar-refractivity contribution in [1.29, 1.82) is 0 Å². The highest BCUT2D eigenvalue weighted by molar-refractivity contribution is 7.92. The highest BCUT2D eigenvalue weighted by Gasteiger charge is 2.27. The van der Waals surface area contributed by atoms with E-state index in [1.807, 2.05) is 6.07 Å². The molecule has 3 rings (SSSR count). The molecule has 0 aromatic carbocycles. The van der Waals surface area contributed by atoms with Crippen LogP contribution in [0.2, 0.25) is 0 Å². The zero-order valence-corrected chi connectivity index (χ0v) is 15.3. The first kappa shape index (κ1) is 17.5. The fourth-order valence-corrected chi connectivity index (χ4v) is 5.43. The maximum Gasteiger partial charge on any atom is 0.280 e. The number of nitrogens with zero attached hydrogens (tertiary/aromatic N) is 3. The zero-order valence-electron chi connectivity index (χ0n) is 13.7. The summed E-state index contributed by atoms with van der Waals surface area (Å²) in [5.74, 6) is -0.309. The van der Waals surface area contributed by atoms with Crippen LogP contribution in [0.4, 0.5) is 5.13 Å². The molecule has 0 fully saturated rings. The molecule has 3 aromatic heterocycles. The van der Waals surface area contributed by atoms with E-state index in [0.717, 1.165) is 26.3 Å². The topological polar surface area (TPSA) is 120 Å². The number of thiazole rings is 1. The molecule has 0 aliphatic rings. The summed E-state index contributed by atoms with van der Waals surface area (Å²) in [5.41, 5.74) is 7.12. The van der Waals surface area contributed by atoms with Gasteiger partial charge in [0.1, 0.15) is 0 Å². The molecule has 10 heteroatoms. The molecular formula is C15H17N5O3S2. The monoisotopic (exact) mass is 379 g/mol. The van der Waals surface area contributed by atoms with Crippen molar-refractivity contribution < 1.29 is 13.2 Å². The Balaban J connectivity index is 2.17. The lowest BCUT2D eigenvalue weighted by atomic mass is 10.2. The Hall–Kier alpha value is -2.30. The average Bonchev–Trinajstić information content (AvgIpc) is 3.09. The molecule has 0 atom stereocenters. The average molecular weight is 379 g/mol. The van der Waals surface area contributed by atoms with Gasteiger partial charge in [-0.1, -0.05) is 11.3 Å². The van der Waals surface area contributed by atoms with Gasteiger partial charge in [-0.2, -0.15) is 8.42 Å². The summed E-state index contributed by atoms with van der Waals surface area (Å²) in [4.78, 5) is 19.5. The van der Waals surface area contributed by atoms with E-state index in [9.17, 15) is 13.2 Å². The quantitative estimate of drug-likeness (QED) is 0.693. The molecule has 0 bridgehead atoms. The normalized spacial score (nSPS) is 11.8. The van der Waals surface area contributed by atoms with Gasteiger partial charge in [0.25, 0.3) is 10.0 Å². The number of anilines is 1. The summed E-state index contributed by atoms with van der Waals surface area (Å²) in [6.07, 6.45) is 3.64. The van der Waals surface area contributed by atoms with Crippen LogP contribution in [0, 0.1) is 6.92 Å². The number of carbonyl (C=O) groups is 1. The molecular weight excluding hydrogens is 362 g/mol. The minimum Gasteiger partial charge on any atom is -0.330 e. The predicted octanol–water partition coefficient (Wildman–Crippen LogP) is 1.50. The fraction of sp³-hybridized carbons (Fsp3) is 0.267. The number of aromatic nitrogens is 3. The number of fused-ring (bicyclic) bond motifs is 1. The summed E-state index contributed by atoms with van der Waals surface area (Å²) in [7, 11) is -3.89. The number of hydrogen-bond acceptors (Lipinski definition) is 7. The maximum absolute atomic E-state index is 13.1. The highest BCUT2D eigenvalue weighted by atomic mass is 32.2. The maximum atomic E-state index is 13.1. The molecule has 1 amide bonds. The first-order valence-corrected chi connectivity index (χ1v) is 9.76. The van der Waals surface area contributed by atoms with Crippen LogP contribution in [0.15, 0.2) is 28.7 Å². The molecule has 0 spiro atoms. The summed E-state index contributed by atoms with van der Waals surface area (Å²) >= 11 is 0.916. The second-order valence-electron chi connectivity index (χ2n) is 5.44. The molecule has 0 saturated carbocycles. The third-order valence-corrected chi connectivity index (χ3v) is 6.87. The van der Waals surface area contributed by atoms with Gasteiger partial charge in [-0.05, 0) is 37.6 Å². The van der Waals surface area contributed by atoms with Gasteiger partial charge in [-0.15, -0.1) is 0 Å². The fourth-order valence-electron chi connectivity index (χ4n) is 2.55. The molecule has 3 heterocycles.